The van der Waals surface area contributed by atoms with Gasteiger partial charge in [-0.15, -0.1) is 0 Å². The Morgan fingerprint density at radius 2 is 1.96 bits per heavy atom. The van der Waals surface area contributed by atoms with E-state index >= 15 is 0 Å². The van der Waals surface area contributed by atoms with Gasteiger partial charge in [0.15, 0.2) is 0 Å². The Hall–Kier alpha value is -2.60. The summed E-state index contributed by atoms with van der Waals surface area (Å²) in [7, 11) is 0. The maximum absolute atomic E-state index is 13.0. The second-order valence-electron chi connectivity index (χ2n) is 5.72. The van der Waals surface area contributed by atoms with Gasteiger partial charge in [-0.2, -0.15) is 0 Å². The van der Waals surface area contributed by atoms with E-state index in [1.54, 1.807) is 24.3 Å². The monoisotopic (exact) mass is 378 g/mol. The van der Waals surface area contributed by atoms with Crippen LogP contribution >= 0.6 is 11.6 Å². The normalized spacial score (nSPS) is 10.3. The summed E-state index contributed by atoms with van der Waals surface area (Å²) in [4.78, 5) is 23.6. The first-order valence-electron chi connectivity index (χ1n) is 8.15. The quantitative estimate of drug-likeness (QED) is 0.688. The molecule has 0 fully saturated rings. The number of anilines is 1. The highest BCUT2D eigenvalue weighted by Gasteiger charge is 2.08. The van der Waals surface area contributed by atoms with E-state index in [4.69, 9.17) is 16.3 Å². The Kier molecular flexibility index (Phi) is 7.41. The number of amides is 2. The van der Waals surface area contributed by atoms with Gasteiger partial charge >= 0.3 is 0 Å². The van der Waals surface area contributed by atoms with Gasteiger partial charge in [-0.05, 0) is 43.2 Å². The molecule has 0 spiro atoms. The highest BCUT2D eigenvalue weighted by molar-refractivity contribution is 6.33. The Balaban J connectivity index is 1.64. The molecule has 0 aliphatic carbocycles. The van der Waals surface area contributed by atoms with Crippen LogP contribution in [0.4, 0.5) is 10.1 Å². The number of rotatable bonds is 8. The predicted octanol–water partition coefficient (Wildman–Crippen LogP) is 3.70. The number of aryl methyl sites for hydroxylation is 1. The van der Waals surface area contributed by atoms with Crippen LogP contribution in [0.5, 0.6) is 5.75 Å². The van der Waals surface area contributed by atoms with Crippen LogP contribution in [-0.2, 0) is 9.59 Å². The number of carbonyl (C=O) groups is 2. The summed E-state index contributed by atoms with van der Waals surface area (Å²) >= 11 is 6.04. The highest BCUT2D eigenvalue weighted by atomic mass is 35.5. The van der Waals surface area contributed by atoms with E-state index in [1.807, 2.05) is 13.0 Å². The third-order valence-electron chi connectivity index (χ3n) is 3.46. The van der Waals surface area contributed by atoms with Crippen molar-refractivity contribution in [3.63, 3.8) is 0 Å². The van der Waals surface area contributed by atoms with Crippen molar-refractivity contribution in [3.05, 3.63) is 58.9 Å². The Morgan fingerprint density at radius 1 is 1.15 bits per heavy atom. The molecular weight excluding hydrogens is 359 g/mol. The third kappa shape index (κ3) is 6.72. The topological polar surface area (TPSA) is 67.4 Å². The smallest absolute Gasteiger partial charge is 0.243 e. The Morgan fingerprint density at radius 3 is 2.69 bits per heavy atom. The Labute approximate surface area is 156 Å². The second kappa shape index (κ2) is 9.77. The maximum Gasteiger partial charge on any atom is 0.243 e. The van der Waals surface area contributed by atoms with Crippen molar-refractivity contribution in [2.45, 2.75) is 19.8 Å². The van der Waals surface area contributed by atoms with Crippen LogP contribution in [0.3, 0.4) is 0 Å². The second-order valence-corrected chi connectivity index (χ2v) is 6.12. The summed E-state index contributed by atoms with van der Waals surface area (Å²) in [6, 6.07) is 11.1. The van der Waals surface area contributed by atoms with Crippen LogP contribution in [-0.4, -0.2) is 25.0 Å². The molecule has 0 bridgehead atoms. The van der Waals surface area contributed by atoms with Crippen LogP contribution in [0.15, 0.2) is 42.5 Å². The molecule has 0 atom stereocenters. The molecule has 0 heterocycles. The lowest BCUT2D eigenvalue weighted by molar-refractivity contribution is -0.124. The molecule has 2 rings (SSSR count). The molecule has 7 heteroatoms. The van der Waals surface area contributed by atoms with E-state index in [0.29, 0.717) is 22.9 Å². The number of benzene rings is 2. The van der Waals surface area contributed by atoms with Gasteiger partial charge in [0.1, 0.15) is 11.6 Å². The van der Waals surface area contributed by atoms with Gasteiger partial charge in [-0.25, -0.2) is 4.39 Å². The van der Waals surface area contributed by atoms with Crippen LogP contribution in [0.25, 0.3) is 0 Å². The van der Waals surface area contributed by atoms with Gasteiger partial charge in [0, 0.05) is 12.5 Å². The molecule has 0 saturated carbocycles. The first-order chi connectivity index (χ1) is 12.4. The minimum Gasteiger partial charge on any atom is -0.493 e. The van der Waals surface area contributed by atoms with E-state index in [-0.39, 0.29) is 37.2 Å². The molecule has 2 amide bonds. The molecule has 0 aromatic heterocycles. The molecule has 0 radical (unpaired) electrons. The first kappa shape index (κ1) is 19.7. The minimum absolute atomic E-state index is 0.145. The van der Waals surface area contributed by atoms with Crippen LogP contribution in [0.2, 0.25) is 5.02 Å². The summed E-state index contributed by atoms with van der Waals surface area (Å²) < 4.78 is 18.3. The zero-order valence-electron chi connectivity index (χ0n) is 14.4. The molecule has 26 heavy (non-hydrogen) atoms. The van der Waals surface area contributed by atoms with E-state index in [1.165, 1.54) is 12.1 Å². The summed E-state index contributed by atoms with van der Waals surface area (Å²) in [5, 5.41) is 5.62. The first-order valence-corrected chi connectivity index (χ1v) is 8.53. The van der Waals surface area contributed by atoms with Crippen molar-refractivity contribution < 1.29 is 18.7 Å². The van der Waals surface area contributed by atoms with Crippen LogP contribution < -0.4 is 15.4 Å². The zero-order chi connectivity index (χ0) is 18.9. The van der Waals surface area contributed by atoms with Crippen molar-refractivity contribution in [2.24, 2.45) is 0 Å². The van der Waals surface area contributed by atoms with E-state index in [9.17, 15) is 14.0 Å². The fourth-order valence-corrected chi connectivity index (χ4v) is 2.45. The zero-order valence-corrected chi connectivity index (χ0v) is 15.1. The van der Waals surface area contributed by atoms with Crippen molar-refractivity contribution in [2.75, 3.05) is 18.5 Å². The molecule has 0 aliphatic rings. The molecule has 2 aromatic rings. The van der Waals surface area contributed by atoms with Crippen molar-refractivity contribution in [1.29, 1.82) is 0 Å². The molecular formula is C19H20ClFN2O3. The lowest BCUT2D eigenvalue weighted by atomic mass is 10.2. The fraction of sp³-hybridized carbons (Fsp3) is 0.263. The SMILES string of the molecule is Cc1ccc(NC(=O)CNC(=O)CCCOc2cccc(F)c2)c(Cl)c1. The van der Waals surface area contributed by atoms with E-state index in [0.717, 1.165) is 5.56 Å². The number of nitrogens with one attached hydrogen (secondary N) is 2. The molecule has 5 nitrogen and oxygen atoms in total. The van der Waals surface area contributed by atoms with E-state index in [2.05, 4.69) is 10.6 Å². The molecule has 0 unspecified atom stereocenters. The summed E-state index contributed by atoms with van der Waals surface area (Å²) in [6.07, 6.45) is 0.654. The highest BCUT2D eigenvalue weighted by Crippen LogP contribution is 2.22. The maximum atomic E-state index is 13.0. The number of hydrogen-bond acceptors (Lipinski definition) is 3. The van der Waals surface area contributed by atoms with E-state index < -0.39 is 0 Å². The van der Waals surface area contributed by atoms with Gasteiger partial charge in [-0.3, -0.25) is 9.59 Å². The molecule has 2 aromatic carbocycles. The van der Waals surface area contributed by atoms with Gasteiger partial charge in [0.05, 0.1) is 23.9 Å². The number of halogens is 2. The number of carbonyl (C=O) groups excluding carboxylic acids is 2. The lowest BCUT2D eigenvalue weighted by Gasteiger charge is -2.09. The molecule has 0 aliphatic heterocycles. The average molecular weight is 379 g/mol. The van der Waals surface area contributed by atoms with Gasteiger partial charge in [0.25, 0.3) is 0 Å². The Bertz CT molecular complexity index is 783. The standard InChI is InChI=1S/C19H20ClFN2O3/c1-13-7-8-17(16(20)10-13)23-19(25)12-22-18(24)6-3-9-26-15-5-2-4-14(21)11-15/h2,4-5,7-8,10-11H,3,6,9,12H2,1H3,(H,22,24)(H,23,25). The predicted molar refractivity (Wildman–Crippen MR) is 99.0 cm³/mol. The van der Waals surface area contributed by atoms with Gasteiger partial charge < -0.3 is 15.4 Å². The van der Waals surface area contributed by atoms with Crippen molar-refractivity contribution in [3.8, 4) is 5.75 Å². The lowest BCUT2D eigenvalue weighted by Crippen LogP contribution is -2.32. The van der Waals surface area contributed by atoms with Crippen LogP contribution in [0, 0.1) is 12.7 Å². The van der Waals surface area contributed by atoms with Gasteiger partial charge in [-0.1, -0.05) is 23.7 Å². The number of hydrogen-bond donors (Lipinski definition) is 2. The molecule has 2 N–H and O–H groups in total. The summed E-state index contributed by atoms with van der Waals surface area (Å²) in [6.45, 7) is 2.03. The molecule has 138 valence electrons. The fourth-order valence-electron chi connectivity index (χ4n) is 2.16. The van der Waals surface area contributed by atoms with Crippen molar-refractivity contribution >= 4 is 29.1 Å². The summed E-state index contributed by atoms with van der Waals surface area (Å²) in [5.41, 5.74) is 1.49. The average Bonchev–Trinajstić information content (AvgIpc) is 2.59. The molecule has 0 saturated heterocycles. The van der Waals surface area contributed by atoms with Crippen molar-refractivity contribution in [1.82, 2.24) is 5.32 Å². The largest absolute Gasteiger partial charge is 0.493 e. The minimum atomic E-state index is -0.375. The number of ether oxygens (including phenoxy) is 1. The van der Waals surface area contributed by atoms with Crippen LogP contribution in [0.1, 0.15) is 18.4 Å². The summed E-state index contributed by atoms with van der Waals surface area (Å²) in [5.74, 6) is -0.585. The third-order valence-corrected chi connectivity index (χ3v) is 3.77. The van der Waals surface area contributed by atoms with Gasteiger partial charge in [0.2, 0.25) is 11.8 Å².